The summed E-state index contributed by atoms with van der Waals surface area (Å²) in [6.07, 6.45) is 5.80. The molecule has 0 bridgehead atoms. The van der Waals surface area contributed by atoms with Gasteiger partial charge >= 0.3 is 0 Å². The number of nitrogens with zero attached hydrogens (tertiary/aromatic N) is 3. The first-order valence-corrected chi connectivity index (χ1v) is 13.6. The Labute approximate surface area is 207 Å². The van der Waals surface area contributed by atoms with Crippen LogP contribution in [0, 0.1) is 11.6 Å². The van der Waals surface area contributed by atoms with Gasteiger partial charge in [-0.15, -0.1) is 0 Å². The maximum atomic E-state index is 14.0. The predicted octanol–water partition coefficient (Wildman–Crippen LogP) is 3.78. The van der Waals surface area contributed by atoms with Gasteiger partial charge in [-0.05, 0) is 68.6 Å². The molecule has 5 rings (SSSR count). The van der Waals surface area contributed by atoms with Crippen LogP contribution in [0.5, 0.6) is 5.75 Å². The van der Waals surface area contributed by atoms with Crippen molar-refractivity contribution in [3.63, 3.8) is 0 Å². The van der Waals surface area contributed by atoms with Crippen molar-refractivity contribution in [2.24, 2.45) is 0 Å². The molecule has 1 aromatic heterocycles. The van der Waals surface area contributed by atoms with Crippen molar-refractivity contribution in [3.8, 4) is 5.75 Å². The van der Waals surface area contributed by atoms with Gasteiger partial charge in [0.05, 0.1) is 6.54 Å². The van der Waals surface area contributed by atoms with E-state index in [-0.39, 0.29) is 23.8 Å². The standard InChI is InChI=1S/C26H31F2N3O3S/c1-16-7-10-30(20-8-11-35-12-9-20)22-15-29-14-18(24(32)25(33)23(29)26(34)31(16)22)4-2-3-17-5-6-19(27)13-21(17)28/h5-6,13-14,16,20,22,33H,2-4,7-12,15H2,1H3/t16-,22-/m0/s1. The summed E-state index contributed by atoms with van der Waals surface area (Å²) in [5.74, 6) is 0.227. The highest BCUT2D eigenvalue weighted by Crippen LogP contribution is 2.34. The van der Waals surface area contributed by atoms with E-state index in [0.29, 0.717) is 43.0 Å². The number of amides is 1. The number of pyridine rings is 1. The monoisotopic (exact) mass is 503 g/mol. The van der Waals surface area contributed by atoms with Crippen LogP contribution in [0.1, 0.15) is 54.2 Å². The van der Waals surface area contributed by atoms with Gasteiger partial charge in [-0.25, -0.2) is 8.78 Å². The zero-order valence-corrected chi connectivity index (χ0v) is 20.7. The van der Waals surface area contributed by atoms with Crippen molar-refractivity contribution in [1.29, 1.82) is 0 Å². The maximum absolute atomic E-state index is 14.0. The normalized spacial score (nSPS) is 23.3. The smallest absolute Gasteiger partial charge is 0.276 e. The molecule has 188 valence electrons. The van der Waals surface area contributed by atoms with E-state index >= 15 is 0 Å². The van der Waals surface area contributed by atoms with Crippen molar-refractivity contribution in [2.45, 2.75) is 70.2 Å². The lowest BCUT2D eigenvalue weighted by Crippen LogP contribution is -2.65. The average Bonchev–Trinajstić information content (AvgIpc) is 2.84. The van der Waals surface area contributed by atoms with Gasteiger partial charge in [0, 0.05) is 36.5 Å². The van der Waals surface area contributed by atoms with Crippen LogP contribution in [0.15, 0.2) is 29.2 Å². The first kappa shape index (κ1) is 24.3. The number of thioether (sulfide) groups is 1. The molecule has 0 spiro atoms. The summed E-state index contributed by atoms with van der Waals surface area (Å²) in [4.78, 5) is 30.8. The van der Waals surface area contributed by atoms with Crippen LogP contribution in [-0.2, 0) is 19.4 Å². The molecule has 1 aromatic carbocycles. The van der Waals surface area contributed by atoms with Crippen molar-refractivity contribution >= 4 is 17.7 Å². The number of aromatic nitrogens is 1. The van der Waals surface area contributed by atoms with E-state index in [4.69, 9.17) is 0 Å². The number of hydrogen-bond donors (Lipinski definition) is 1. The molecule has 4 heterocycles. The molecule has 0 radical (unpaired) electrons. The Balaban J connectivity index is 1.40. The summed E-state index contributed by atoms with van der Waals surface area (Å²) in [5.41, 5.74) is 0.303. The number of halogens is 2. The zero-order valence-electron chi connectivity index (χ0n) is 19.9. The fourth-order valence-corrected chi connectivity index (χ4v) is 6.88. The number of aromatic hydroxyl groups is 1. The van der Waals surface area contributed by atoms with Crippen LogP contribution in [0.4, 0.5) is 8.78 Å². The lowest BCUT2D eigenvalue weighted by atomic mass is 9.98. The molecule has 9 heteroatoms. The third-order valence-electron chi connectivity index (χ3n) is 7.68. The van der Waals surface area contributed by atoms with E-state index in [1.54, 1.807) is 10.8 Å². The van der Waals surface area contributed by atoms with E-state index in [9.17, 15) is 23.5 Å². The Morgan fingerprint density at radius 1 is 1.09 bits per heavy atom. The average molecular weight is 504 g/mol. The number of fused-ring (bicyclic) bond motifs is 2. The molecule has 2 atom stereocenters. The van der Waals surface area contributed by atoms with Crippen LogP contribution in [-0.4, -0.2) is 61.7 Å². The molecule has 2 fully saturated rings. The molecular formula is C26H31F2N3O3S. The molecule has 1 N–H and O–H groups in total. The molecule has 2 saturated heterocycles. The molecule has 1 amide bonds. The lowest BCUT2D eigenvalue weighted by molar-refractivity contribution is -0.0530. The van der Waals surface area contributed by atoms with Gasteiger partial charge in [-0.1, -0.05) is 6.07 Å². The molecule has 35 heavy (non-hydrogen) atoms. The minimum atomic E-state index is -0.624. The molecule has 0 unspecified atom stereocenters. The fourth-order valence-electron chi connectivity index (χ4n) is 5.79. The third-order valence-corrected chi connectivity index (χ3v) is 8.73. The van der Waals surface area contributed by atoms with E-state index in [0.717, 1.165) is 43.4 Å². The summed E-state index contributed by atoms with van der Waals surface area (Å²) in [6, 6.07) is 3.96. The Bertz CT molecular complexity index is 1180. The number of rotatable bonds is 5. The third kappa shape index (κ3) is 4.60. The number of benzene rings is 1. The van der Waals surface area contributed by atoms with E-state index in [1.165, 1.54) is 12.1 Å². The van der Waals surface area contributed by atoms with Gasteiger partial charge in [0.1, 0.15) is 17.8 Å². The Hall–Kier alpha value is -2.39. The van der Waals surface area contributed by atoms with Gasteiger partial charge in [-0.2, -0.15) is 11.8 Å². The van der Waals surface area contributed by atoms with Crippen LogP contribution in [0.2, 0.25) is 0 Å². The number of hydrogen-bond acceptors (Lipinski definition) is 5. The van der Waals surface area contributed by atoms with Crippen molar-refractivity contribution in [3.05, 3.63) is 63.1 Å². The molecular weight excluding hydrogens is 472 g/mol. The molecule has 0 saturated carbocycles. The fraction of sp³-hybridized carbons (Fsp3) is 0.538. The first-order valence-electron chi connectivity index (χ1n) is 12.4. The molecule has 0 aliphatic carbocycles. The summed E-state index contributed by atoms with van der Waals surface area (Å²) in [7, 11) is 0. The van der Waals surface area contributed by atoms with Crippen LogP contribution in [0.25, 0.3) is 0 Å². The molecule has 3 aliphatic rings. The number of carbonyl (C=O) groups is 1. The molecule has 6 nitrogen and oxygen atoms in total. The van der Waals surface area contributed by atoms with Gasteiger partial charge in [0.15, 0.2) is 11.4 Å². The quantitative estimate of drug-likeness (QED) is 0.673. The second-order valence-corrected chi connectivity index (χ2v) is 11.1. The second kappa shape index (κ2) is 9.93. The van der Waals surface area contributed by atoms with Crippen LogP contribution in [0.3, 0.4) is 0 Å². The largest absolute Gasteiger partial charge is 0.503 e. The van der Waals surface area contributed by atoms with Crippen molar-refractivity contribution < 1.29 is 18.7 Å². The Kier molecular flexibility index (Phi) is 6.90. The summed E-state index contributed by atoms with van der Waals surface area (Å²) in [6.45, 7) is 3.47. The maximum Gasteiger partial charge on any atom is 0.276 e. The lowest BCUT2D eigenvalue weighted by Gasteiger charge is -2.53. The minimum absolute atomic E-state index is 0.0373. The predicted molar refractivity (Wildman–Crippen MR) is 132 cm³/mol. The van der Waals surface area contributed by atoms with Crippen molar-refractivity contribution in [1.82, 2.24) is 14.4 Å². The van der Waals surface area contributed by atoms with Crippen molar-refractivity contribution in [2.75, 3.05) is 18.1 Å². The highest BCUT2D eigenvalue weighted by Gasteiger charge is 2.45. The molecule has 2 aromatic rings. The summed E-state index contributed by atoms with van der Waals surface area (Å²) >= 11 is 1.97. The highest BCUT2D eigenvalue weighted by molar-refractivity contribution is 7.99. The highest BCUT2D eigenvalue weighted by atomic mass is 32.2. The van der Waals surface area contributed by atoms with E-state index in [1.807, 2.05) is 23.6 Å². The number of carbonyl (C=O) groups excluding carboxylic acids is 1. The zero-order chi connectivity index (χ0) is 24.7. The van der Waals surface area contributed by atoms with Crippen LogP contribution >= 0.6 is 11.8 Å². The van der Waals surface area contributed by atoms with Gasteiger partial charge < -0.3 is 14.6 Å². The Morgan fingerprint density at radius 2 is 1.83 bits per heavy atom. The molecule has 3 aliphatic heterocycles. The topological polar surface area (TPSA) is 65.8 Å². The minimum Gasteiger partial charge on any atom is -0.503 e. The SMILES string of the molecule is C[C@H]1CCN(C2CCSCC2)[C@@H]2Cn3cc(CCCc4ccc(F)cc4F)c(=O)c(O)c3C(=O)N12. The number of aryl methyl sites for hydroxylation is 2. The van der Waals surface area contributed by atoms with Crippen LogP contribution < -0.4 is 5.43 Å². The van der Waals surface area contributed by atoms with E-state index < -0.39 is 22.8 Å². The first-order chi connectivity index (χ1) is 16.8. The van der Waals surface area contributed by atoms with Gasteiger partial charge in [-0.3, -0.25) is 14.5 Å². The van der Waals surface area contributed by atoms with Gasteiger partial charge in [0.25, 0.3) is 5.91 Å². The summed E-state index contributed by atoms with van der Waals surface area (Å²) < 4.78 is 28.9. The van der Waals surface area contributed by atoms with Gasteiger partial charge in [0.2, 0.25) is 5.43 Å². The summed E-state index contributed by atoms with van der Waals surface area (Å²) in [5, 5.41) is 10.8. The second-order valence-electron chi connectivity index (χ2n) is 9.83. The Morgan fingerprint density at radius 3 is 2.57 bits per heavy atom. The van der Waals surface area contributed by atoms with E-state index in [2.05, 4.69) is 4.90 Å².